The molecule has 0 bridgehead atoms. The average Bonchev–Trinajstić information content (AvgIpc) is 2.86. The highest BCUT2D eigenvalue weighted by Crippen LogP contribution is 2.30. The summed E-state index contributed by atoms with van der Waals surface area (Å²) in [6.07, 6.45) is -3.56. The first-order valence-corrected chi connectivity index (χ1v) is 11.4. The average molecular weight is 513 g/mol. The van der Waals surface area contributed by atoms with Crippen LogP contribution in [0.15, 0.2) is 72.8 Å². The third-order valence-electron chi connectivity index (χ3n) is 5.36. The third-order valence-corrected chi connectivity index (χ3v) is 5.36. The third kappa shape index (κ3) is 8.38. The highest BCUT2D eigenvalue weighted by Gasteiger charge is 2.30. The van der Waals surface area contributed by atoms with Gasteiger partial charge in [0.2, 0.25) is 11.8 Å². The zero-order valence-corrected chi connectivity index (χ0v) is 20.4. The Kier molecular flexibility index (Phi) is 8.89. The summed E-state index contributed by atoms with van der Waals surface area (Å²) in [4.78, 5) is 38.3. The first-order chi connectivity index (χ1) is 17.5. The van der Waals surface area contributed by atoms with Crippen LogP contribution < -0.4 is 16.0 Å². The molecule has 0 aliphatic rings. The van der Waals surface area contributed by atoms with Gasteiger partial charge in [-0.2, -0.15) is 13.2 Å². The predicted octanol–water partition coefficient (Wildman–Crippen LogP) is 5.03. The maximum atomic E-state index is 12.9. The van der Waals surface area contributed by atoms with Crippen LogP contribution in [0.3, 0.4) is 0 Å². The van der Waals surface area contributed by atoms with E-state index in [9.17, 15) is 27.6 Å². The van der Waals surface area contributed by atoms with Crippen LogP contribution in [0.4, 0.5) is 30.2 Å². The molecule has 0 aliphatic carbocycles. The Hall–Kier alpha value is -4.34. The van der Waals surface area contributed by atoms with Gasteiger partial charge in [-0.15, -0.1) is 0 Å². The number of hydrogen-bond acceptors (Lipinski definition) is 4. The molecule has 0 fully saturated rings. The molecule has 3 aromatic carbocycles. The van der Waals surface area contributed by atoms with Gasteiger partial charge in [-0.25, -0.2) is 0 Å². The van der Waals surface area contributed by atoms with Crippen molar-refractivity contribution in [3.05, 3.63) is 89.5 Å². The fourth-order valence-corrected chi connectivity index (χ4v) is 3.41. The molecular formula is C27H27F3N4O3. The standard InChI is InChI=1S/C27H27F3N4O3/c1-34(2)25(36)13-12-18-6-3-9-21(14-18)31-17-24(35)32-22-10-4-7-19(15-22)26(37)33-23-11-5-8-20(16-23)27(28,29)30/h3-11,14-16,31H,12-13,17H2,1-2H3,(H,32,35)(H,33,37). The Balaban J connectivity index is 1.55. The van der Waals surface area contributed by atoms with Gasteiger partial charge in [0.25, 0.3) is 5.91 Å². The summed E-state index contributed by atoms with van der Waals surface area (Å²) in [6, 6.07) is 17.8. The van der Waals surface area contributed by atoms with Crippen molar-refractivity contribution >= 4 is 34.8 Å². The largest absolute Gasteiger partial charge is 0.416 e. The normalized spacial score (nSPS) is 10.9. The van der Waals surface area contributed by atoms with Crippen molar-refractivity contribution in [2.24, 2.45) is 0 Å². The summed E-state index contributed by atoms with van der Waals surface area (Å²) >= 11 is 0. The molecule has 0 atom stereocenters. The summed E-state index contributed by atoms with van der Waals surface area (Å²) in [5.41, 5.74) is 1.35. The zero-order chi connectivity index (χ0) is 27.0. The van der Waals surface area contributed by atoms with Gasteiger partial charge in [-0.1, -0.05) is 24.3 Å². The summed E-state index contributed by atoms with van der Waals surface area (Å²) in [5, 5.41) is 8.15. The molecule has 0 radical (unpaired) electrons. The van der Waals surface area contributed by atoms with Gasteiger partial charge < -0.3 is 20.9 Å². The van der Waals surface area contributed by atoms with E-state index in [0.717, 1.165) is 23.4 Å². The first-order valence-electron chi connectivity index (χ1n) is 11.4. The van der Waals surface area contributed by atoms with Crippen molar-refractivity contribution in [1.29, 1.82) is 0 Å². The molecule has 0 saturated carbocycles. The van der Waals surface area contributed by atoms with Crippen molar-refractivity contribution in [2.45, 2.75) is 19.0 Å². The Morgan fingerprint density at radius 2 is 1.46 bits per heavy atom. The number of nitrogens with zero attached hydrogens (tertiary/aromatic N) is 1. The second-order valence-corrected chi connectivity index (χ2v) is 8.50. The van der Waals surface area contributed by atoms with Crippen molar-refractivity contribution < 1.29 is 27.6 Å². The number of rotatable bonds is 9. The van der Waals surface area contributed by atoms with Crippen LogP contribution in [0.5, 0.6) is 0 Å². The van der Waals surface area contributed by atoms with Crippen LogP contribution in [-0.4, -0.2) is 43.3 Å². The number of carbonyl (C=O) groups excluding carboxylic acids is 3. The van der Waals surface area contributed by atoms with E-state index in [-0.39, 0.29) is 29.6 Å². The predicted molar refractivity (Wildman–Crippen MR) is 136 cm³/mol. The highest BCUT2D eigenvalue weighted by molar-refractivity contribution is 6.05. The lowest BCUT2D eigenvalue weighted by Crippen LogP contribution is -2.22. The number of anilines is 3. The Bertz CT molecular complexity index is 1280. The number of aryl methyl sites for hydroxylation is 1. The van der Waals surface area contributed by atoms with Crippen molar-refractivity contribution in [2.75, 3.05) is 36.6 Å². The minimum Gasteiger partial charge on any atom is -0.376 e. The summed E-state index contributed by atoms with van der Waals surface area (Å²) in [7, 11) is 3.41. The number of halogens is 3. The maximum absolute atomic E-state index is 12.9. The number of benzene rings is 3. The van der Waals surface area contributed by atoms with Gasteiger partial charge in [-0.3, -0.25) is 14.4 Å². The second kappa shape index (κ2) is 12.1. The Labute approximate surface area is 212 Å². The summed E-state index contributed by atoms with van der Waals surface area (Å²) < 4.78 is 38.7. The lowest BCUT2D eigenvalue weighted by molar-refractivity contribution is -0.137. The summed E-state index contributed by atoms with van der Waals surface area (Å²) in [5.74, 6) is -0.940. The molecule has 0 heterocycles. The summed E-state index contributed by atoms with van der Waals surface area (Å²) in [6.45, 7) is -0.0409. The van der Waals surface area contributed by atoms with Gasteiger partial charge in [-0.05, 0) is 60.5 Å². The van der Waals surface area contributed by atoms with E-state index in [2.05, 4.69) is 16.0 Å². The van der Waals surface area contributed by atoms with Gasteiger partial charge in [0, 0.05) is 43.1 Å². The van der Waals surface area contributed by atoms with E-state index >= 15 is 0 Å². The molecular weight excluding hydrogens is 485 g/mol. The fourth-order valence-electron chi connectivity index (χ4n) is 3.41. The SMILES string of the molecule is CN(C)C(=O)CCc1cccc(NCC(=O)Nc2cccc(C(=O)Nc3cccc(C(F)(F)F)c3)c2)c1. The van der Waals surface area contributed by atoms with Crippen LogP contribution in [0.2, 0.25) is 0 Å². The van der Waals surface area contributed by atoms with E-state index in [0.29, 0.717) is 18.5 Å². The van der Waals surface area contributed by atoms with Gasteiger partial charge in [0.1, 0.15) is 0 Å². The molecule has 0 spiro atoms. The molecule has 3 N–H and O–H groups in total. The minimum atomic E-state index is -4.52. The molecule has 0 aliphatic heterocycles. The lowest BCUT2D eigenvalue weighted by atomic mass is 10.1. The van der Waals surface area contributed by atoms with Gasteiger partial charge in [0.15, 0.2) is 0 Å². The molecule has 7 nitrogen and oxygen atoms in total. The van der Waals surface area contributed by atoms with Crippen molar-refractivity contribution in [1.82, 2.24) is 4.90 Å². The first kappa shape index (κ1) is 27.3. The fraction of sp³-hybridized carbons (Fsp3) is 0.222. The van der Waals surface area contributed by atoms with Gasteiger partial charge in [0.05, 0.1) is 12.1 Å². The van der Waals surface area contributed by atoms with E-state index in [1.807, 2.05) is 24.3 Å². The molecule has 0 aromatic heterocycles. The Morgan fingerprint density at radius 3 is 2.16 bits per heavy atom. The maximum Gasteiger partial charge on any atom is 0.416 e. The number of alkyl halides is 3. The number of nitrogens with one attached hydrogen (secondary N) is 3. The van der Waals surface area contributed by atoms with E-state index in [1.165, 1.54) is 29.2 Å². The van der Waals surface area contributed by atoms with E-state index in [4.69, 9.17) is 0 Å². The molecule has 37 heavy (non-hydrogen) atoms. The lowest BCUT2D eigenvalue weighted by Gasteiger charge is -2.12. The number of carbonyl (C=O) groups is 3. The van der Waals surface area contributed by atoms with Crippen LogP contribution >= 0.6 is 0 Å². The van der Waals surface area contributed by atoms with Crippen molar-refractivity contribution in [3.63, 3.8) is 0 Å². The highest BCUT2D eigenvalue weighted by atomic mass is 19.4. The van der Waals surface area contributed by atoms with Crippen LogP contribution in [-0.2, 0) is 22.2 Å². The van der Waals surface area contributed by atoms with E-state index < -0.39 is 17.6 Å². The Morgan fingerprint density at radius 1 is 0.811 bits per heavy atom. The number of amides is 3. The van der Waals surface area contributed by atoms with Gasteiger partial charge >= 0.3 is 6.18 Å². The zero-order valence-electron chi connectivity index (χ0n) is 20.4. The molecule has 10 heteroatoms. The number of hydrogen-bond donors (Lipinski definition) is 3. The smallest absolute Gasteiger partial charge is 0.376 e. The second-order valence-electron chi connectivity index (χ2n) is 8.50. The minimum absolute atomic E-state index is 0.00627. The monoisotopic (exact) mass is 512 g/mol. The molecule has 3 rings (SSSR count). The van der Waals surface area contributed by atoms with E-state index in [1.54, 1.807) is 26.2 Å². The van der Waals surface area contributed by atoms with Crippen LogP contribution in [0, 0.1) is 0 Å². The van der Waals surface area contributed by atoms with Crippen molar-refractivity contribution in [3.8, 4) is 0 Å². The quantitative estimate of drug-likeness (QED) is 0.375. The molecule has 3 amide bonds. The molecule has 3 aromatic rings. The van der Waals surface area contributed by atoms with Crippen LogP contribution in [0.1, 0.15) is 27.9 Å². The van der Waals surface area contributed by atoms with Crippen LogP contribution in [0.25, 0.3) is 0 Å². The molecule has 194 valence electrons. The molecule has 0 saturated heterocycles. The molecule has 0 unspecified atom stereocenters. The topological polar surface area (TPSA) is 90.5 Å².